The number of aryl methyl sites for hydroxylation is 2. The van der Waals surface area contributed by atoms with Gasteiger partial charge in [-0.1, -0.05) is 37.1 Å². The Balaban J connectivity index is 3.58. The van der Waals surface area contributed by atoms with E-state index in [1.807, 2.05) is 59.7 Å². The molecule has 37 heavy (non-hydrogen) atoms. The lowest BCUT2D eigenvalue weighted by molar-refractivity contribution is -0.143. The Hall–Kier alpha value is -3.10. The molecule has 0 aliphatic heterocycles. The Bertz CT molecular complexity index is 962. The minimum atomic E-state index is -1.10. The second kappa shape index (κ2) is 13.4. The van der Waals surface area contributed by atoms with Crippen molar-refractivity contribution in [3.63, 3.8) is 0 Å². The van der Waals surface area contributed by atoms with Gasteiger partial charge in [0.25, 0.3) is 0 Å². The van der Waals surface area contributed by atoms with Gasteiger partial charge in [-0.25, -0.2) is 4.79 Å². The number of nitrogens with one attached hydrogen (secondary N) is 2. The van der Waals surface area contributed by atoms with Crippen molar-refractivity contribution in [2.45, 2.75) is 111 Å². The van der Waals surface area contributed by atoms with E-state index in [2.05, 4.69) is 10.6 Å². The van der Waals surface area contributed by atoms with E-state index in [1.54, 1.807) is 20.8 Å². The Morgan fingerprint density at radius 3 is 2.16 bits per heavy atom. The molecule has 0 radical (unpaired) electrons. The molecular weight excluding hydrogens is 472 g/mol. The molecule has 4 amide bonds. The molecule has 0 spiro atoms. The van der Waals surface area contributed by atoms with E-state index in [-0.39, 0.29) is 25.3 Å². The van der Waals surface area contributed by atoms with Gasteiger partial charge in [0.2, 0.25) is 17.7 Å². The predicted octanol–water partition coefficient (Wildman–Crippen LogP) is 4.05. The highest BCUT2D eigenvalue weighted by molar-refractivity contribution is 5.93. The van der Waals surface area contributed by atoms with E-state index in [4.69, 9.17) is 10.5 Å². The van der Waals surface area contributed by atoms with Gasteiger partial charge in [-0.3, -0.25) is 14.4 Å². The molecule has 9 heteroatoms. The molecule has 0 bridgehead atoms. The lowest BCUT2D eigenvalue weighted by Gasteiger charge is -2.36. The summed E-state index contributed by atoms with van der Waals surface area (Å²) in [5.74, 6) is -1.40. The normalized spacial score (nSPS) is 13.3. The third kappa shape index (κ3) is 11.2. The fourth-order valence-corrected chi connectivity index (χ4v) is 3.91. The molecule has 0 saturated heterocycles. The highest BCUT2D eigenvalue weighted by atomic mass is 16.6. The van der Waals surface area contributed by atoms with Gasteiger partial charge in [0.15, 0.2) is 0 Å². The molecule has 0 saturated carbocycles. The van der Waals surface area contributed by atoms with Gasteiger partial charge in [0.1, 0.15) is 17.7 Å². The van der Waals surface area contributed by atoms with Crippen LogP contribution in [0.3, 0.4) is 0 Å². The zero-order valence-electron chi connectivity index (χ0n) is 24.0. The van der Waals surface area contributed by atoms with Crippen LogP contribution in [0.5, 0.6) is 0 Å². The lowest BCUT2D eigenvalue weighted by atomic mass is 9.95. The molecule has 0 heterocycles. The topological polar surface area (TPSA) is 131 Å². The zero-order valence-corrected chi connectivity index (χ0v) is 24.0. The van der Waals surface area contributed by atoms with Crippen LogP contribution >= 0.6 is 0 Å². The van der Waals surface area contributed by atoms with Crippen molar-refractivity contribution in [1.82, 2.24) is 15.5 Å². The quantitative estimate of drug-likeness (QED) is 0.407. The Morgan fingerprint density at radius 2 is 1.68 bits per heavy atom. The average Bonchev–Trinajstić information content (AvgIpc) is 2.71. The van der Waals surface area contributed by atoms with Crippen LogP contribution in [-0.4, -0.2) is 52.4 Å². The lowest BCUT2D eigenvalue weighted by Crippen LogP contribution is -2.55. The molecule has 2 atom stereocenters. The number of unbranched alkanes of at least 4 members (excludes halogenated alkanes) is 1. The Morgan fingerprint density at radius 1 is 1.05 bits per heavy atom. The number of primary amides is 1. The maximum Gasteiger partial charge on any atom is 0.408 e. The van der Waals surface area contributed by atoms with Gasteiger partial charge in [-0.05, 0) is 79.4 Å². The maximum atomic E-state index is 14.0. The van der Waals surface area contributed by atoms with E-state index >= 15 is 0 Å². The summed E-state index contributed by atoms with van der Waals surface area (Å²) in [6.45, 7) is 16.9. The molecule has 0 aromatic heterocycles. The summed E-state index contributed by atoms with van der Waals surface area (Å²) in [5.41, 5.74) is 6.65. The van der Waals surface area contributed by atoms with E-state index in [9.17, 15) is 19.2 Å². The van der Waals surface area contributed by atoms with Gasteiger partial charge in [-0.15, -0.1) is 0 Å². The summed E-state index contributed by atoms with van der Waals surface area (Å²) in [4.78, 5) is 53.4. The predicted molar refractivity (Wildman–Crippen MR) is 145 cm³/mol. The third-order valence-electron chi connectivity index (χ3n) is 5.48. The van der Waals surface area contributed by atoms with E-state index < -0.39 is 41.1 Å². The minimum Gasteiger partial charge on any atom is -0.444 e. The van der Waals surface area contributed by atoms with Crippen molar-refractivity contribution in [2.75, 3.05) is 6.54 Å². The van der Waals surface area contributed by atoms with Gasteiger partial charge < -0.3 is 26.0 Å². The molecule has 0 aliphatic rings. The molecule has 1 rings (SSSR count). The fourth-order valence-electron chi connectivity index (χ4n) is 3.91. The van der Waals surface area contributed by atoms with Crippen LogP contribution in [-0.2, 0) is 19.1 Å². The van der Waals surface area contributed by atoms with Crippen LogP contribution in [0.4, 0.5) is 4.79 Å². The summed E-state index contributed by atoms with van der Waals surface area (Å²) in [6.07, 6.45) is 0.515. The number of carbonyl (C=O) groups excluding carboxylic acids is 4. The second-order valence-corrected chi connectivity index (χ2v) is 11.6. The number of nitrogens with zero attached hydrogens (tertiary/aromatic N) is 1. The molecule has 208 valence electrons. The molecule has 1 aromatic rings. The summed E-state index contributed by atoms with van der Waals surface area (Å²) in [6, 6.07) is 3.71. The van der Waals surface area contributed by atoms with Crippen molar-refractivity contribution in [1.29, 1.82) is 0 Å². The van der Waals surface area contributed by atoms with Gasteiger partial charge in [0.05, 0.1) is 0 Å². The van der Waals surface area contributed by atoms with E-state index in [0.29, 0.717) is 12.0 Å². The molecule has 0 fully saturated rings. The number of benzene rings is 1. The first-order valence-electron chi connectivity index (χ1n) is 12.9. The summed E-state index contributed by atoms with van der Waals surface area (Å²) >= 11 is 0. The molecule has 2 unspecified atom stereocenters. The van der Waals surface area contributed by atoms with Crippen LogP contribution in [0.1, 0.15) is 96.9 Å². The van der Waals surface area contributed by atoms with E-state index in [1.165, 1.54) is 4.90 Å². The number of alkyl carbamates (subject to hydrolysis) is 1. The largest absolute Gasteiger partial charge is 0.444 e. The fraction of sp³-hybridized carbons (Fsp3) is 0.643. The highest BCUT2D eigenvalue weighted by Crippen LogP contribution is 2.28. The maximum absolute atomic E-state index is 14.0. The number of rotatable bonds is 11. The Labute approximate surface area is 221 Å². The SMILES string of the molecule is CCCCN(C(=O)C(CCC(N)=O)NC(=O)OC(C)(C)C)C(C(=O)NC(C)(C)C)c1ccc(C)cc1C. The molecular formula is C28H46N4O5. The van der Waals surface area contributed by atoms with Gasteiger partial charge in [0, 0.05) is 18.5 Å². The van der Waals surface area contributed by atoms with Crippen LogP contribution in [0.25, 0.3) is 0 Å². The third-order valence-corrected chi connectivity index (χ3v) is 5.48. The van der Waals surface area contributed by atoms with Crippen molar-refractivity contribution < 1.29 is 23.9 Å². The van der Waals surface area contributed by atoms with Crippen molar-refractivity contribution >= 4 is 23.8 Å². The zero-order chi connectivity index (χ0) is 28.6. The molecule has 9 nitrogen and oxygen atoms in total. The number of ether oxygens (including phenoxy) is 1. The van der Waals surface area contributed by atoms with Crippen LogP contribution in [0, 0.1) is 13.8 Å². The van der Waals surface area contributed by atoms with E-state index in [0.717, 1.165) is 17.5 Å². The second-order valence-electron chi connectivity index (χ2n) is 11.6. The number of hydrogen-bond donors (Lipinski definition) is 3. The standard InChI is InChI=1S/C28H46N4O5/c1-10-11-16-32(25(35)21(14-15-22(29)33)30-26(36)37-28(7,8)9)23(24(34)31-27(4,5)6)20-13-12-18(2)17-19(20)3/h12-13,17,21,23H,10-11,14-16H2,1-9H3,(H2,29,33)(H,30,36)(H,31,34). The van der Waals surface area contributed by atoms with Crippen molar-refractivity contribution in [3.8, 4) is 0 Å². The number of hydrogen-bond acceptors (Lipinski definition) is 5. The molecule has 1 aromatic carbocycles. The summed E-state index contributed by atoms with van der Waals surface area (Å²) < 4.78 is 5.36. The van der Waals surface area contributed by atoms with Crippen LogP contribution in [0.2, 0.25) is 0 Å². The monoisotopic (exact) mass is 518 g/mol. The minimum absolute atomic E-state index is 0.0173. The first-order valence-corrected chi connectivity index (χ1v) is 12.9. The van der Waals surface area contributed by atoms with Gasteiger partial charge >= 0.3 is 6.09 Å². The smallest absolute Gasteiger partial charge is 0.408 e. The molecule has 4 N–H and O–H groups in total. The summed E-state index contributed by atoms with van der Waals surface area (Å²) in [5, 5.41) is 5.62. The molecule has 0 aliphatic carbocycles. The van der Waals surface area contributed by atoms with Crippen molar-refractivity contribution in [2.24, 2.45) is 5.73 Å². The van der Waals surface area contributed by atoms with Gasteiger partial charge in [-0.2, -0.15) is 0 Å². The number of carbonyl (C=O) groups is 4. The number of amides is 4. The summed E-state index contributed by atoms with van der Waals surface area (Å²) in [7, 11) is 0. The average molecular weight is 519 g/mol. The Kier molecular flexibility index (Phi) is 11.6. The number of nitrogens with two attached hydrogens (primary N) is 1. The highest BCUT2D eigenvalue weighted by Gasteiger charge is 2.37. The van der Waals surface area contributed by atoms with Crippen LogP contribution in [0.15, 0.2) is 18.2 Å². The first-order chi connectivity index (χ1) is 16.9. The van der Waals surface area contributed by atoms with Crippen LogP contribution < -0.4 is 16.4 Å². The first kappa shape index (κ1) is 31.9. The van der Waals surface area contributed by atoms with Crippen molar-refractivity contribution in [3.05, 3.63) is 34.9 Å².